The van der Waals surface area contributed by atoms with E-state index in [1.165, 1.54) is 12.1 Å². The van der Waals surface area contributed by atoms with E-state index in [1.54, 1.807) is 12.1 Å². The second kappa shape index (κ2) is 10.00. The van der Waals surface area contributed by atoms with Crippen LogP contribution in [0.4, 0.5) is 0 Å². The minimum Gasteiger partial charge on any atom is -0.463 e. The number of carbonyl (C=O) groups is 6. The van der Waals surface area contributed by atoms with E-state index < -0.39 is 72.9 Å². The second-order valence-corrected chi connectivity index (χ2v) is 7.62. The van der Waals surface area contributed by atoms with Gasteiger partial charge in [-0.2, -0.15) is 0 Å². The van der Waals surface area contributed by atoms with Gasteiger partial charge < -0.3 is 23.7 Å². The predicted molar refractivity (Wildman–Crippen MR) is 109 cm³/mol. The molecule has 34 heavy (non-hydrogen) atoms. The van der Waals surface area contributed by atoms with Crippen LogP contribution in [0.25, 0.3) is 0 Å². The standard InChI is InChI=1S/C22H23NO11/c1-10(24)30-9-16-18(31-11(2)25)19(32-12(3)26)17(22(34-16)33-13(4)27)23-20(28)14-7-5-6-8-15(14)21(23)29/h5-8,16-19,22H,9H2,1-4H3/t16-,17-,18-,19+,22?/m1/s1. The summed E-state index contributed by atoms with van der Waals surface area (Å²) in [5.41, 5.74) is 0.170. The van der Waals surface area contributed by atoms with Crippen LogP contribution in [0.15, 0.2) is 24.3 Å². The smallest absolute Gasteiger partial charge is 0.305 e. The van der Waals surface area contributed by atoms with E-state index in [2.05, 4.69) is 0 Å². The van der Waals surface area contributed by atoms with Crippen molar-refractivity contribution >= 4 is 35.7 Å². The number of amides is 2. The van der Waals surface area contributed by atoms with Gasteiger partial charge in [-0.25, -0.2) is 0 Å². The van der Waals surface area contributed by atoms with Crippen molar-refractivity contribution in [3.05, 3.63) is 35.4 Å². The Kier molecular flexibility index (Phi) is 7.30. The lowest BCUT2D eigenvalue weighted by atomic mass is 9.94. The van der Waals surface area contributed by atoms with Gasteiger partial charge in [-0.1, -0.05) is 12.1 Å². The van der Waals surface area contributed by atoms with Crippen LogP contribution in [0.2, 0.25) is 0 Å². The lowest BCUT2D eigenvalue weighted by molar-refractivity contribution is -0.278. The highest BCUT2D eigenvalue weighted by Crippen LogP contribution is 2.35. The molecular formula is C22H23NO11. The number of hydrogen-bond acceptors (Lipinski definition) is 11. The molecule has 3 rings (SSSR count). The van der Waals surface area contributed by atoms with Gasteiger partial charge in [0.25, 0.3) is 11.8 Å². The van der Waals surface area contributed by atoms with E-state index in [4.69, 9.17) is 23.7 Å². The minimum absolute atomic E-state index is 0.0849. The van der Waals surface area contributed by atoms with Crippen molar-refractivity contribution in [1.29, 1.82) is 0 Å². The number of imide groups is 1. The van der Waals surface area contributed by atoms with E-state index in [-0.39, 0.29) is 11.1 Å². The summed E-state index contributed by atoms with van der Waals surface area (Å²) in [6, 6.07) is 4.49. The largest absolute Gasteiger partial charge is 0.463 e. The normalized spacial score (nSPS) is 25.9. The van der Waals surface area contributed by atoms with Crippen LogP contribution in [-0.4, -0.2) is 77.8 Å². The van der Waals surface area contributed by atoms with Crippen molar-refractivity contribution in [2.45, 2.75) is 58.3 Å². The van der Waals surface area contributed by atoms with Crippen molar-refractivity contribution in [3.63, 3.8) is 0 Å². The lowest BCUT2D eigenvalue weighted by Crippen LogP contribution is -2.67. The third kappa shape index (κ3) is 5.06. The van der Waals surface area contributed by atoms with Crippen molar-refractivity contribution < 1.29 is 52.5 Å². The van der Waals surface area contributed by atoms with Crippen LogP contribution >= 0.6 is 0 Å². The zero-order chi connectivity index (χ0) is 25.2. The zero-order valence-electron chi connectivity index (χ0n) is 18.8. The molecule has 2 aliphatic heterocycles. The maximum absolute atomic E-state index is 13.2. The van der Waals surface area contributed by atoms with Crippen molar-refractivity contribution in [2.75, 3.05) is 6.61 Å². The first-order valence-electron chi connectivity index (χ1n) is 10.3. The van der Waals surface area contributed by atoms with E-state index >= 15 is 0 Å². The molecule has 2 aliphatic rings. The monoisotopic (exact) mass is 477 g/mol. The Morgan fingerprint density at radius 1 is 0.794 bits per heavy atom. The number of carbonyl (C=O) groups excluding carboxylic acids is 6. The molecule has 1 aromatic rings. The van der Waals surface area contributed by atoms with Crippen molar-refractivity contribution in [1.82, 2.24) is 4.90 Å². The third-order valence-corrected chi connectivity index (χ3v) is 5.08. The topological polar surface area (TPSA) is 152 Å². The van der Waals surface area contributed by atoms with Gasteiger partial charge in [0.2, 0.25) is 6.29 Å². The summed E-state index contributed by atoms with van der Waals surface area (Å²) in [7, 11) is 0. The first-order chi connectivity index (χ1) is 16.0. The van der Waals surface area contributed by atoms with E-state index in [1.807, 2.05) is 0 Å². The van der Waals surface area contributed by atoms with Crippen LogP contribution < -0.4 is 0 Å². The van der Waals surface area contributed by atoms with Gasteiger partial charge in [0, 0.05) is 27.7 Å². The number of benzene rings is 1. The first-order valence-corrected chi connectivity index (χ1v) is 10.3. The quantitative estimate of drug-likeness (QED) is 0.317. The molecule has 0 spiro atoms. The van der Waals surface area contributed by atoms with Gasteiger partial charge in [0.1, 0.15) is 18.8 Å². The molecule has 0 saturated carbocycles. The number of rotatable bonds is 6. The van der Waals surface area contributed by atoms with Crippen LogP contribution in [0, 0.1) is 0 Å². The third-order valence-electron chi connectivity index (χ3n) is 5.08. The molecule has 12 nitrogen and oxygen atoms in total. The Bertz CT molecular complexity index is 1000. The maximum atomic E-state index is 13.2. The molecular weight excluding hydrogens is 454 g/mol. The number of nitrogens with zero attached hydrogens (tertiary/aromatic N) is 1. The van der Waals surface area contributed by atoms with Gasteiger partial charge in [-0.15, -0.1) is 0 Å². The Labute approximate surface area is 194 Å². The van der Waals surface area contributed by atoms with E-state index in [0.717, 1.165) is 32.6 Å². The summed E-state index contributed by atoms with van der Waals surface area (Å²) >= 11 is 0. The molecule has 0 bridgehead atoms. The summed E-state index contributed by atoms with van der Waals surface area (Å²) in [5, 5.41) is 0. The molecule has 182 valence electrons. The molecule has 1 unspecified atom stereocenters. The fraction of sp³-hybridized carbons (Fsp3) is 0.455. The molecule has 0 radical (unpaired) electrons. The average molecular weight is 477 g/mol. The lowest BCUT2D eigenvalue weighted by Gasteiger charge is -2.46. The Morgan fingerprint density at radius 2 is 1.29 bits per heavy atom. The van der Waals surface area contributed by atoms with Crippen LogP contribution in [0.1, 0.15) is 48.4 Å². The molecule has 0 aromatic heterocycles. The highest BCUT2D eigenvalue weighted by Gasteiger charge is 2.58. The molecule has 1 aromatic carbocycles. The average Bonchev–Trinajstić information content (AvgIpc) is 2.98. The number of ether oxygens (including phenoxy) is 5. The fourth-order valence-corrected chi connectivity index (χ4v) is 3.90. The molecule has 1 fully saturated rings. The van der Waals surface area contributed by atoms with Gasteiger partial charge >= 0.3 is 23.9 Å². The second-order valence-electron chi connectivity index (χ2n) is 7.62. The fourth-order valence-electron chi connectivity index (χ4n) is 3.90. The highest BCUT2D eigenvalue weighted by molar-refractivity contribution is 6.21. The zero-order valence-corrected chi connectivity index (χ0v) is 18.8. The molecule has 2 heterocycles. The summed E-state index contributed by atoms with van der Waals surface area (Å²) in [5.74, 6) is -4.64. The minimum atomic E-state index is -1.63. The van der Waals surface area contributed by atoms with Gasteiger partial charge in [-0.3, -0.25) is 33.7 Å². The van der Waals surface area contributed by atoms with Crippen LogP contribution in [0.3, 0.4) is 0 Å². The maximum Gasteiger partial charge on any atom is 0.305 e. The van der Waals surface area contributed by atoms with Gasteiger partial charge in [0.05, 0.1) is 11.1 Å². The van der Waals surface area contributed by atoms with Gasteiger partial charge in [0.15, 0.2) is 12.2 Å². The summed E-state index contributed by atoms with van der Waals surface area (Å²) < 4.78 is 26.7. The molecule has 0 aliphatic carbocycles. The Hall–Kier alpha value is -3.80. The molecule has 2 amide bonds. The first kappa shape index (κ1) is 24.8. The van der Waals surface area contributed by atoms with E-state index in [9.17, 15) is 28.8 Å². The predicted octanol–water partition coefficient (Wildman–Crippen LogP) is 0.366. The number of fused-ring (bicyclic) bond motifs is 1. The summed E-state index contributed by atoms with van der Waals surface area (Å²) in [6.45, 7) is 3.91. The van der Waals surface area contributed by atoms with Gasteiger partial charge in [-0.05, 0) is 12.1 Å². The molecule has 12 heteroatoms. The van der Waals surface area contributed by atoms with Crippen molar-refractivity contribution in [3.8, 4) is 0 Å². The number of hydrogen-bond donors (Lipinski definition) is 0. The SMILES string of the molecule is CC(=O)OC[C@H]1OC(OC(C)=O)[C@H](N2C(=O)c3ccccc3C2=O)[C@H](OC(C)=O)[C@@H]1OC(C)=O. The van der Waals surface area contributed by atoms with Crippen molar-refractivity contribution in [2.24, 2.45) is 0 Å². The summed E-state index contributed by atoms with van der Waals surface area (Å²) in [4.78, 5) is 74.2. The highest BCUT2D eigenvalue weighted by atomic mass is 16.7. The Balaban J connectivity index is 2.11. The summed E-state index contributed by atoms with van der Waals surface area (Å²) in [6.07, 6.45) is -5.81. The van der Waals surface area contributed by atoms with Crippen LogP contribution in [-0.2, 0) is 42.9 Å². The molecule has 5 atom stereocenters. The number of esters is 4. The Morgan fingerprint density at radius 3 is 1.76 bits per heavy atom. The van der Waals surface area contributed by atoms with E-state index in [0.29, 0.717) is 0 Å². The molecule has 1 saturated heterocycles. The molecule has 0 N–H and O–H groups in total. The van der Waals surface area contributed by atoms with Crippen LogP contribution in [0.5, 0.6) is 0 Å².